The first-order valence-electron chi connectivity index (χ1n) is 26.5. The van der Waals surface area contributed by atoms with Crippen molar-refractivity contribution in [1.82, 2.24) is 15.0 Å². The van der Waals surface area contributed by atoms with E-state index in [1.54, 1.807) is 0 Å². The van der Waals surface area contributed by atoms with Crippen LogP contribution in [-0.4, -0.2) is 23.0 Å². The first-order chi connectivity index (χ1) is 34.5. The molecule has 3 saturated carbocycles. The van der Waals surface area contributed by atoms with E-state index in [2.05, 4.69) is 212 Å². The molecule has 0 amide bonds. The van der Waals surface area contributed by atoms with Crippen molar-refractivity contribution in [2.75, 3.05) is 0 Å². The maximum atomic E-state index is 6.49. The number of furan rings is 1. The summed E-state index contributed by atoms with van der Waals surface area (Å²) in [7, 11) is -1.36. The van der Waals surface area contributed by atoms with E-state index in [9.17, 15) is 0 Å². The fourth-order valence-corrected chi connectivity index (χ4v) is 12.9. The van der Waals surface area contributed by atoms with E-state index < -0.39 is 8.07 Å². The van der Waals surface area contributed by atoms with Crippen molar-refractivity contribution in [3.05, 3.63) is 193 Å². The average molecular weight is 1160 g/mol. The van der Waals surface area contributed by atoms with Gasteiger partial charge >= 0.3 is 0 Å². The van der Waals surface area contributed by atoms with E-state index >= 15 is 0 Å². The summed E-state index contributed by atoms with van der Waals surface area (Å²) in [5.74, 6) is 2.74. The van der Waals surface area contributed by atoms with Crippen LogP contribution in [0.4, 0.5) is 0 Å². The summed E-state index contributed by atoms with van der Waals surface area (Å²) in [6, 6.07) is 55.4. The fourth-order valence-electron chi connectivity index (χ4n) is 11.3. The number of aromatic nitrogens is 3. The molecule has 2 bridgehead atoms. The maximum Gasteiger partial charge on any atom is 0.144 e. The predicted octanol–water partition coefficient (Wildman–Crippen LogP) is 17.9. The number of rotatable bonds is 9. The molecule has 0 spiro atoms. The van der Waals surface area contributed by atoms with Crippen molar-refractivity contribution in [1.29, 1.82) is 0 Å². The van der Waals surface area contributed by atoms with E-state index in [4.69, 9.17) is 14.4 Å². The topological polar surface area (TPSA) is 51.8 Å². The Morgan fingerprint density at radius 1 is 0.534 bits per heavy atom. The minimum atomic E-state index is -1.36. The number of nitrogens with zero attached hydrogens (tertiary/aromatic N) is 3. The van der Waals surface area contributed by atoms with Crippen molar-refractivity contribution < 1.29 is 24.5 Å². The Morgan fingerprint density at radius 3 is 1.67 bits per heavy atom. The number of hydrogen-bond acceptors (Lipinski definition) is 4. The molecule has 4 heterocycles. The van der Waals surface area contributed by atoms with Crippen LogP contribution < -0.4 is 5.19 Å². The molecule has 4 aromatic heterocycles. The molecule has 3 aliphatic rings. The Labute approximate surface area is 450 Å². The first kappa shape index (κ1) is 53.5. The van der Waals surface area contributed by atoms with Crippen molar-refractivity contribution in [3.63, 3.8) is 0 Å². The van der Waals surface area contributed by atoms with Gasteiger partial charge in [0, 0.05) is 66.2 Å². The van der Waals surface area contributed by atoms with Gasteiger partial charge in [0.1, 0.15) is 11.2 Å². The zero-order chi connectivity index (χ0) is 50.5. The Hall–Kier alpha value is -5.78. The number of pyridine rings is 3. The smallest absolute Gasteiger partial charge is 0.144 e. The van der Waals surface area contributed by atoms with E-state index in [1.807, 2.05) is 30.6 Å². The molecule has 1 radical (unpaired) electrons. The van der Waals surface area contributed by atoms with Gasteiger partial charge in [-0.1, -0.05) is 189 Å². The Morgan fingerprint density at radius 2 is 1.08 bits per heavy atom. The third-order valence-electron chi connectivity index (χ3n) is 14.6. The Kier molecular flexibility index (Phi) is 17.0. The number of para-hydroxylation sites is 1. The van der Waals surface area contributed by atoms with Gasteiger partial charge < -0.3 is 4.42 Å². The Bertz CT molecular complexity index is 3210. The van der Waals surface area contributed by atoms with E-state index in [0.29, 0.717) is 10.8 Å². The Balaban J connectivity index is 0.000000157. The molecule has 1 unspecified atom stereocenters. The third-order valence-corrected chi connectivity index (χ3v) is 16.7. The van der Waals surface area contributed by atoms with Crippen LogP contribution >= 0.6 is 0 Å². The number of hydrogen-bond donors (Lipinski definition) is 0. The molecule has 4 nitrogen and oxygen atoms in total. The van der Waals surface area contributed by atoms with Crippen molar-refractivity contribution in [3.8, 4) is 44.9 Å². The van der Waals surface area contributed by atoms with Crippen LogP contribution in [0.3, 0.4) is 0 Å². The average Bonchev–Trinajstić information content (AvgIpc) is 3.76. The molecule has 377 valence electrons. The zero-order valence-electron chi connectivity index (χ0n) is 44.7. The first-order valence-corrected chi connectivity index (χ1v) is 30.0. The second-order valence-corrected chi connectivity index (χ2v) is 29.1. The quantitative estimate of drug-likeness (QED) is 0.135. The molecular weight excluding hydrogens is 1080 g/mol. The molecule has 0 N–H and O–H groups in total. The molecule has 6 heteroatoms. The minimum absolute atomic E-state index is 0. The molecule has 3 aliphatic carbocycles. The summed E-state index contributed by atoms with van der Waals surface area (Å²) in [5.41, 5.74) is 15.8. The maximum absolute atomic E-state index is 6.49. The largest absolute Gasteiger partial charge is 0.455 e. The monoisotopic (exact) mass is 1160 g/mol. The summed E-state index contributed by atoms with van der Waals surface area (Å²) < 4.78 is 6.49. The minimum Gasteiger partial charge on any atom is -0.455 e. The standard InChI is InChI=1S/C32H29NO.C19H27NSi.C16H19N.Ir/c1-2-6-24(7-3-1)26-8-5-11-30-31(26)28-10-4-9-27(32(28)34-30)29-20-22(16-17-33-29)19-25-18-21-12-14-23(25)15-13-21;1-19(2,3)13-16-12-17(15-10-8-7-9-11-15)20-14-18(16)21(4,5)6;1-16(2,3)12-13-9-10-17-15(11-13)14-7-5-4-6-8-14;/h1-11,16-17,20-21,23,25H,12-15,18-19H2;7-12,14H,13H2,1-6H3;4-11H,12H2,1-3H3;. The SMILES string of the molecule is CC(C)(C)Cc1cc(-c2ccccc2)ncc1[Si](C)(C)C.CC(C)(C)Cc1ccnc(-c2ccccc2)c1.[Ir].c1ccc(-c2cccc3oc4c(-c5cc(CC6CC7CCC6CC7)ccn5)cccc4c23)cc1. The van der Waals surface area contributed by atoms with Gasteiger partial charge in [-0.05, 0) is 143 Å². The van der Waals surface area contributed by atoms with Gasteiger partial charge in [-0.25, -0.2) is 0 Å². The fraction of sp³-hybridized carbons (Fsp3) is 0.328. The summed E-state index contributed by atoms with van der Waals surface area (Å²) in [5, 5.41) is 3.83. The summed E-state index contributed by atoms with van der Waals surface area (Å²) >= 11 is 0. The molecule has 12 rings (SSSR count). The van der Waals surface area contributed by atoms with Gasteiger partial charge in [0.15, 0.2) is 0 Å². The van der Waals surface area contributed by atoms with Crippen LogP contribution in [-0.2, 0) is 39.4 Å². The van der Waals surface area contributed by atoms with Crippen LogP contribution in [0.5, 0.6) is 0 Å². The number of fused-ring (bicyclic) bond motifs is 6. The van der Waals surface area contributed by atoms with Gasteiger partial charge in [0.05, 0.1) is 25.2 Å². The zero-order valence-corrected chi connectivity index (χ0v) is 48.1. The molecule has 0 saturated heterocycles. The molecule has 3 fully saturated rings. The van der Waals surface area contributed by atoms with Crippen LogP contribution in [0.2, 0.25) is 19.6 Å². The normalized spacial score (nSPS) is 16.5. The number of benzene rings is 5. The molecule has 0 aliphatic heterocycles. The van der Waals surface area contributed by atoms with Crippen molar-refractivity contribution in [2.45, 2.75) is 113 Å². The second kappa shape index (κ2) is 23.2. The van der Waals surface area contributed by atoms with Gasteiger partial charge in [0.25, 0.3) is 0 Å². The van der Waals surface area contributed by atoms with Crippen LogP contribution in [0, 0.1) is 28.6 Å². The van der Waals surface area contributed by atoms with E-state index in [0.717, 1.165) is 69.8 Å². The van der Waals surface area contributed by atoms with Crippen molar-refractivity contribution in [2.24, 2.45) is 28.6 Å². The van der Waals surface area contributed by atoms with Gasteiger partial charge in [0.2, 0.25) is 0 Å². The molecular formula is C67H75IrN3OSi. The van der Waals surface area contributed by atoms with Gasteiger partial charge in [-0.2, -0.15) is 0 Å². The van der Waals surface area contributed by atoms with Crippen LogP contribution in [0.15, 0.2) is 181 Å². The third kappa shape index (κ3) is 13.7. The molecule has 1 atom stereocenters. The van der Waals surface area contributed by atoms with Crippen molar-refractivity contribution >= 4 is 35.2 Å². The molecule has 9 aromatic rings. The van der Waals surface area contributed by atoms with E-state index in [-0.39, 0.29) is 20.1 Å². The molecule has 73 heavy (non-hydrogen) atoms. The molecule has 5 aromatic carbocycles. The summed E-state index contributed by atoms with van der Waals surface area (Å²) in [6.07, 6.45) is 16.6. The van der Waals surface area contributed by atoms with Crippen LogP contribution in [0.25, 0.3) is 66.8 Å². The van der Waals surface area contributed by atoms with Crippen LogP contribution in [0.1, 0.15) is 90.3 Å². The predicted molar refractivity (Wildman–Crippen MR) is 308 cm³/mol. The van der Waals surface area contributed by atoms with E-state index in [1.165, 1.54) is 88.0 Å². The summed E-state index contributed by atoms with van der Waals surface area (Å²) in [6.45, 7) is 20.9. The van der Waals surface area contributed by atoms with Gasteiger partial charge in [-0.3, -0.25) is 15.0 Å². The second-order valence-electron chi connectivity index (χ2n) is 24.1. The summed E-state index contributed by atoms with van der Waals surface area (Å²) in [4.78, 5) is 14.0. The van der Waals surface area contributed by atoms with Gasteiger partial charge in [-0.15, -0.1) is 0 Å².